The van der Waals surface area contributed by atoms with Crippen LogP contribution in [0.2, 0.25) is 0 Å². The van der Waals surface area contributed by atoms with Gasteiger partial charge in [-0.1, -0.05) is 0 Å². The Morgan fingerprint density at radius 2 is 2.06 bits per heavy atom. The highest BCUT2D eigenvalue weighted by molar-refractivity contribution is 6.00. The lowest BCUT2D eigenvalue weighted by molar-refractivity contribution is 0.0952. The number of fused-ring (bicyclic) bond motifs is 1. The second-order valence-corrected chi connectivity index (χ2v) is 3.56. The zero-order valence-corrected chi connectivity index (χ0v) is 8.89. The lowest BCUT2D eigenvalue weighted by atomic mass is 10.2. The molecular weight excluding hydrogens is 204 g/mol. The van der Waals surface area contributed by atoms with E-state index in [4.69, 9.17) is 5.11 Å². The number of carbonyl (C=O) groups is 1. The molecule has 0 saturated heterocycles. The molecule has 4 nitrogen and oxygen atoms in total. The van der Waals surface area contributed by atoms with Crippen LogP contribution in [0.1, 0.15) is 16.8 Å². The molecule has 0 radical (unpaired) electrons. The standard InChI is InChI=1S/C12H14N2O2/c15-9-3-6-13-12(16)10-4-1-7-14-8-2-5-11(10)14/h1-2,4-5,7-8,15H,3,6,9H2,(H,13,16). The van der Waals surface area contributed by atoms with Gasteiger partial charge in [0.25, 0.3) is 5.91 Å². The van der Waals surface area contributed by atoms with Crippen LogP contribution in [-0.2, 0) is 0 Å². The average molecular weight is 218 g/mol. The molecule has 2 aromatic rings. The van der Waals surface area contributed by atoms with Crippen LogP contribution in [0.25, 0.3) is 5.52 Å². The van der Waals surface area contributed by atoms with Crippen molar-refractivity contribution in [2.45, 2.75) is 6.42 Å². The first-order valence-corrected chi connectivity index (χ1v) is 5.27. The van der Waals surface area contributed by atoms with E-state index in [1.165, 1.54) is 0 Å². The van der Waals surface area contributed by atoms with Gasteiger partial charge in [0.15, 0.2) is 0 Å². The molecule has 0 bridgehead atoms. The molecule has 1 amide bonds. The number of aliphatic hydroxyl groups is 1. The van der Waals surface area contributed by atoms with Crippen molar-refractivity contribution in [3.63, 3.8) is 0 Å². The molecule has 0 aliphatic carbocycles. The Morgan fingerprint density at radius 1 is 1.31 bits per heavy atom. The van der Waals surface area contributed by atoms with Gasteiger partial charge in [0.1, 0.15) is 0 Å². The first-order valence-electron chi connectivity index (χ1n) is 5.27. The van der Waals surface area contributed by atoms with Gasteiger partial charge in [0.05, 0.1) is 11.1 Å². The maximum Gasteiger partial charge on any atom is 0.253 e. The first kappa shape index (κ1) is 10.7. The zero-order chi connectivity index (χ0) is 11.4. The van der Waals surface area contributed by atoms with Gasteiger partial charge in [-0.2, -0.15) is 0 Å². The summed E-state index contributed by atoms with van der Waals surface area (Å²) in [6.45, 7) is 0.590. The molecule has 0 aromatic carbocycles. The fraction of sp³-hybridized carbons (Fsp3) is 0.250. The number of aromatic nitrogens is 1. The minimum atomic E-state index is -0.0993. The second-order valence-electron chi connectivity index (χ2n) is 3.56. The van der Waals surface area contributed by atoms with Crippen LogP contribution in [0, 0.1) is 0 Å². The van der Waals surface area contributed by atoms with E-state index in [0.29, 0.717) is 18.5 Å². The molecule has 4 heteroatoms. The molecule has 2 N–H and O–H groups in total. The molecule has 0 aliphatic rings. The first-order chi connectivity index (χ1) is 7.83. The minimum absolute atomic E-state index is 0.0929. The predicted molar refractivity (Wildman–Crippen MR) is 61.4 cm³/mol. The molecule has 84 valence electrons. The Morgan fingerprint density at radius 3 is 2.81 bits per heavy atom. The van der Waals surface area contributed by atoms with Crippen LogP contribution in [0.15, 0.2) is 36.7 Å². The van der Waals surface area contributed by atoms with Gasteiger partial charge in [0, 0.05) is 25.5 Å². The van der Waals surface area contributed by atoms with Gasteiger partial charge in [-0.05, 0) is 30.7 Å². The SMILES string of the molecule is O=C(NCCCO)c1cccn2cccc12. The van der Waals surface area contributed by atoms with Crippen LogP contribution in [0.5, 0.6) is 0 Å². The summed E-state index contributed by atoms with van der Waals surface area (Å²) in [6.07, 6.45) is 4.38. The molecule has 2 rings (SSSR count). The number of rotatable bonds is 4. The minimum Gasteiger partial charge on any atom is -0.396 e. The van der Waals surface area contributed by atoms with Crippen molar-refractivity contribution in [3.8, 4) is 0 Å². The Labute approximate surface area is 93.5 Å². The quantitative estimate of drug-likeness (QED) is 0.754. The molecule has 2 heterocycles. The van der Waals surface area contributed by atoms with E-state index in [1.807, 2.05) is 35.0 Å². The maximum atomic E-state index is 11.8. The average Bonchev–Trinajstić information content (AvgIpc) is 2.76. The molecule has 16 heavy (non-hydrogen) atoms. The van der Waals surface area contributed by atoms with Crippen molar-refractivity contribution >= 4 is 11.4 Å². The van der Waals surface area contributed by atoms with Crippen molar-refractivity contribution in [2.75, 3.05) is 13.2 Å². The zero-order valence-electron chi connectivity index (χ0n) is 8.89. The van der Waals surface area contributed by atoms with Crippen LogP contribution in [0.3, 0.4) is 0 Å². The van der Waals surface area contributed by atoms with Crippen molar-refractivity contribution in [2.24, 2.45) is 0 Å². The predicted octanol–water partition coefficient (Wildman–Crippen LogP) is 1.05. The van der Waals surface area contributed by atoms with E-state index in [0.717, 1.165) is 5.52 Å². The summed E-state index contributed by atoms with van der Waals surface area (Å²) in [7, 11) is 0. The number of hydrogen-bond acceptors (Lipinski definition) is 2. The molecule has 2 aromatic heterocycles. The Balaban J connectivity index is 2.19. The number of amides is 1. The molecule has 0 unspecified atom stereocenters. The third kappa shape index (κ3) is 2.06. The molecule has 0 spiro atoms. The number of carbonyl (C=O) groups excluding carboxylic acids is 1. The number of nitrogens with one attached hydrogen (secondary N) is 1. The lowest BCUT2D eigenvalue weighted by Crippen LogP contribution is -2.25. The molecular formula is C12H14N2O2. The smallest absolute Gasteiger partial charge is 0.253 e. The Kier molecular flexibility index (Phi) is 3.22. The van der Waals surface area contributed by atoms with Gasteiger partial charge in [-0.25, -0.2) is 0 Å². The molecule has 0 atom stereocenters. The van der Waals surface area contributed by atoms with Crippen molar-refractivity contribution in [1.82, 2.24) is 9.72 Å². The molecule has 0 aliphatic heterocycles. The lowest BCUT2D eigenvalue weighted by Gasteiger charge is -2.05. The third-order valence-corrected chi connectivity index (χ3v) is 2.43. The Bertz CT molecular complexity index is 490. The highest BCUT2D eigenvalue weighted by atomic mass is 16.3. The van der Waals surface area contributed by atoms with Crippen molar-refractivity contribution in [1.29, 1.82) is 0 Å². The van der Waals surface area contributed by atoms with Crippen LogP contribution >= 0.6 is 0 Å². The summed E-state index contributed by atoms with van der Waals surface area (Å²) in [5, 5.41) is 11.4. The summed E-state index contributed by atoms with van der Waals surface area (Å²) in [4.78, 5) is 11.8. The second kappa shape index (κ2) is 4.81. The monoisotopic (exact) mass is 218 g/mol. The van der Waals surface area contributed by atoms with Crippen LogP contribution < -0.4 is 5.32 Å². The van der Waals surface area contributed by atoms with Crippen molar-refractivity contribution < 1.29 is 9.90 Å². The normalized spacial score (nSPS) is 10.6. The van der Waals surface area contributed by atoms with E-state index in [1.54, 1.807) is 6.07 Å². The summed E-state index contributed by atoms with van der Waals surface area (Å²) in [6, 6.07) is 7.44. The summed E-state index contributed by atoms with van der Waals surface area (Å²) < 4.78 is 1.90. The van der Waals surface area contributed by atoms with Crippen LogP contribution in [0.4, 0.5) is 0 Å². The van der Waals surface area contributed by atoms with Gasteiger partial charge < -0.3 is 14.8 Å². The van der Waals surface area contributed by atoms with E-state index in [2.05, 4.69) is 5.32 Å². The highest BCUT2D eigenvalue weighted by Crippen LogP contribution is 2.11. The largest absolute Gasteiger partial charge is 0.396 e. The summed E-state index contributed by atoms with van der Waals surface area (Å²) in [5.74, 6) is -0.0993. The number of hydrogen-bond donors (Lipinski definition) is 2. The van der Waals surface area contributed by atoms with E-state index in [9.17, 15) is 4.79 Å². The summed E-state index contributed by atoms with van der Waals surface area (Å²) >= 11 is 0. The number of aliphatic hydroxyl groups excluding tert-OH is 1. The number of nitrogens with zero attached hydrogens (tertiary/aromatic N) is 1. The number of pyridine rings is 1. The molecule has 0 fully saturated rings. The topological polar surface area (TPSA) is 53.7 Å². The van der Waals surface area contributed by atoms with Gasteiger partial charge >= 0.3 is 0 Å². The Hall–Kier alpha value is -1.81. The highest BCUT2D eigenvalue weighted by Gasteiger charge is 2.08. The molecule has 0 saturated carbocycles. The van der Waals surface area contributed by atoms with Gasteiger partial charge in [-0.15, -0.1) is 0 Å². The van der Waals surface area contributed by atoms with Gasteiger partial charge in [-0.3, -0.25) is 4.79 Å². The van der Waals surface area contributed by atoms with Gasteiger partial charge in [0.2, 0.25) is 0 Å². The van der Waals surface area contributed by atoms with E-state index in [-0.39, 0.29) is 12.5 Å². The maximum absolute atomic E-state index is 11.8. The van der Waals surface area contributed by atoms with Crippen molar-refractivity contribution in [3.05, 3.63) is 42.2 Å². The fourth-order valence-corrected chi connectivity index (χ4v) is 1.64. The third-order valence-electron chi connectivity index (χ3n) is 2.43. The van der Waals surface area contributed by atoms with Crippen LogP contribution in [-0.4, -0.2) is 28.6 Å². The van der Waals surface area contributed by atoms with E-state index < -0.39 is 0 Å². The fourth-order valence-electron chi connectivity index (χ4n) is 1.64. The summed E-state index contributed by atoms with van der Waals surface area (Å²) in [5.41, 5.74) is 1.55. The van der Waals surface area contributed by atoms with E-state index >= 15 is 0 Å².